The maximum absolute atomic E-state index is 12.3. The lowest BCUT2D eigenvalue weighted by Gasteiger charge is -2.20. The zero-order valence-electron chi connectivity index (χ0n) is 14.5. The van der Waals surface area contributed by atoms with Gasteiger partial charge in [0.2, 0.25) is 0 Å². The highest BCUT2D eigenvalue weighted by atomic mass is 35.5. The second kappa shape index (κ2) is 7.86. The molecule has 0 aliphatic carbocycles. The highest BCUT2D eigenvalue weighted by Crippen LogP contribution is 2.32. The Hall–Kier alpha value is -1.42. The average molecular weight is 401 g/mol. The molecule has 1 amide bonds. The number of hydrogen-bond donors (Lipinski definition) is 1. The van der Waals surface area contributed by atoms with E-state index in [-0.39, 0.29) is 11.3 Å². The van der Waals surface area contributed by atoms with Crippen LogP contribution in [0.2, 0.25) is 15.1 Å². The number of benzene rings is 2. The highest BCUT2D eigenvalue weighted by Gasteiger charge is 2.18. The van der Waals surface area contributed by atoms with Crippen LogP contribution in [0.3, 0.4) is 0 Å². The number of anilines is 1. The van der Waals surface area contributed by atoms with E-state index >= 15 is 0 Å². The third-order valence-corrected chi connectivity index (χ3v) is 4.71. The Morgan fingerprint density at radius 1 is 1.00 bits per heavy atom. The van der Waals surface area contributed by atoms with Gasteiger partial charge in [-0.3, -0.25) is 4.79 Å². The largest absolute Gasteiger partial charge is 0.481 e. The molecule has 2 rings (SSSR count). The fraction of sp³-hybridized carbons (Fsp3) is 0.316. The van der Waals surface area contributed by atoms with Crippen molar-refractivity contribution in [3.8, 4) is 5.75 Å². The van der Waals surface area contributed by atoms with Crippen molar-refractivity contribution in [1.82, 2.24) is 0 Å². The lowest BCUT2D eigenvalue weighted by molar-refractivity contribution is -0.122. The van der Waals surface area contributed by atoms with E-state index < -0.39 is 6.10 Å². The number of ether oxygens (including phenoxy) is 1. The normalized spacial score (nSPS) is 12.6. The fourth-order valence-electron chi connectivity index (χ4n) is 2.14. The lowest BCUT2D eigenvalue weighted by atomic mass is 9.87. The van der Waals surface area contributed by atoms with Crippen LogP contribution in [0.25, 0.3) is 0 Å². The summed E-state index contributed by atoms with van der Waals surface area (Å²) in [5.41, 5.74) is 1.64. The molecular formula is C19H20Cl3NO2. The second-order valence-corrected chi connectivity index (χ2v) is 7.99. The number of amides is 1. The number of halogens is 3. The number of nitrogens with one attached hydrogen (secondary N) is 1. The molecule has 1 atom stereocenters. The predicted octanol–water partition coefficient (Wildman–Crippen LogP) is 6.35. The quantitative estimate of drug-likeness (QED) is 0.607. The average Bonchev–Trinajstić information content (AvgIpc) is 2.52. The first-order valence-electron chi connectivity index (χ1n) is 7.80. The van der Waals surface area contributed by atoms with Crippen LogP contribution in [0.5, 0.6) is 5.75 Å². The molecule has 0 fully saturated rings. The Labute approximate surface area is 163 Å². The van der Waals surface area contributed by atoms with Crippen LogP contribution >= 0.6 is 34.8 Å². The number of hydrogen-bond acceptors (Lipinski definition) is 2. The zero-order valence-corrected chi connectivity index (χ0v) is 16.8. The van der Waals surface area contributed by atoms with Gasteiger partial charge in [-0.2, -0.15) is 0 Å². The summed E-state index contributed by atoms with van der Waals surface area (Å²) in [6.07, 6.45) is -0.703. The Morgan fingerprint density at radius 2 is 1.56 bits per heavy atom. The molecule has 0 aliphatic heterocycles. The van der Waals surface area contributed by atoms with E-state index in [1.165, 1.54) is 17.7 Å². The van der Waals surface area contributed by atoms with Gasteiger partial charge in [0.1, 0.15) is 5.75 Å². The standard InChI is InChI=1S/C19H20Cl3NO2/c1-11(25-13-7-5-12(6-8-13)19(2,3)4)18(24)23-17-10-15(21)14(20)9-16(17)22/h5-11H,1-4H3,(H,23,24)/t11-/m0/s1. The summed E-state index contributed by atoms with van der Waals surface area (Å²) in [5, 5.41) is 3.64. The Bertz CT molecular complexity index is 767. The maximum Gasteiger partial charge on any atom is 0.265 e. The van der Waals surface area contributed by atoms with Gasteiger partial charge in [-0.1, -0.05) is 67.7 Å². The lowest BCUT2D eigenvalue weighted by Crippen LogP contribution is -2.30. The van der Waals surface area contributed by atoms with Crippen LogP contribution in [0.1, 0.15) is 33.3 Å². The first-order chi connectivity index (χ1) is 11.6. The molecule has 2 aromatic rings. The SMILES string of the molecule is C[C@H](Oc1ccc(C(C)(C)C)cc1)C(=O)Nc1cc(Cl)c(Cl)cc1Cl. The molecule has 0 aliphatic rings. The molecule has 25 heavy (non-hydrogen) atoms. The summed E-state index contributed by atoms with van der Waals surface area (Å²) in [5.74, 6) is 0.288. The number of carbonyl (C=O) groups is 1. The monoisotopic (exact) mass is 399 g/mol. The molecule has 0 unspecified atom stereocenters. The van der Waals surface area contributed by atoms with Crippen molar-refractivity contribution in [2.45, 2.75) is 39.2 Å². The molecule has 0 bridgehead atoms. The first kappa shape index (κ1) is 19.9. The van der Waals surface area contributed by atoms with Crippen LogP contribution in [-0.2, 0) is 10.2 Å². The van der Waals surface area contributed by atoms with Gasteiger partial charge < -0.3 is 10.1 Å². The third kappa shape index (κ3) is 5.27. The summed E-state index contributed by atoms with van der Waals surface area (Å²) >= 11 is 17.9. The third-order valence-electron chi connectivity index (χ3n) is 3.67. The van der Waals surface area contributed by atoms with Crippen LogP contribution < -0.4 is 10.1 Å². The van der Waals surface area contributed by atoms with Crippen molar-refractivity contribution < 1.29 is 9.53 Å². The van der Waals surface area contributed by atoms with Crippen molar-refractivity contribution in [2.75, 3.05) is 5.32 Å². The molecule has 134 valence electrons. The Kier molecular flexibility index (Phi) is 6.26. The highest BCUT2D eigenvalue weighted by molar-refractivity contribution is 6.44. The molecule has 0 saturated heterocycles. The van der Waals surface area contributed by atoms with E-state index in [2.05, 4.69) is 26.1 Å². The van der Waals surface area contributed by atoms with E-state index in [1.807, 2.05) is 24.3 Å². The van der Waals surface area contributed by atoms with Gasteiger partial charge in [-0.15, -0.1) is 0 Å². The van der Waals surface area contributed by atoms with Crippen LogP contribution in [0.15, 0.2) is 36.4 Å². The summed E-state index contributed by atoms with van der Waals surface area (Å²) in [6, 6.07) is 10.7. The summed E-state index contributed by atoms with van der Waals surface area (Å²) in [6.45, 7) is 8.08. The Balaban J connectivity index is 2.04. The molecule has 3 nitrogen and oxygen atoms in total. The minimum absolute atomic E-state index is 0.0616. The molecule has 6 heteroatoms. The summed E-state index contributed by atoms with van der Waals surface area (Å²) in [4.78, 5) is 12.3. The van der Waals surface area contributed by atoms with Gasteiger partial charge in [0.15, 0.2) is 6.10 Å². The minimum atomic E-state index is -0.703. The predicted molar refractivity (Wildman–Crippen MR) is 105 cm³/mol. The number of carbonyl (C=O) groups excluding carboxylic acids is 1. The van der Waals surface area contributed by atoms with Crippen molar-refractivity contribution >= 4 is 46.4 Å². The minimum Gasteiger partial charge on any atom is -0.481 e. The van der Waals surface area contributed by atoms with Crippen LogP contribution in [0, 0.1) is 0 Å². The van der Waals surface area contributed by atoms with Crippen molar-refractivity contribution in [1.29, 1.82) is 0 Å². The van der Waals surface area contributed by atoms with Crippen LogP contribution in [0.4, 0.5) is 5.69 Å². The Morgan fingerprint density at radius 3 is 2.12 bits per heavy atom. The zero-order chi connectivity index (χ0) is 18.8. The second-order valence-electron chi connectivity index (χ2n) is 6.77. The maximum atomic E-state index is 12.3. The van der Waals surface area contributed by atoms with Gasteiger partial charge in [-0.05, 0) is 42.2 Å². The van der Waals surface area contributed by atoms with Crippen molar-refractivity contribution in [3.63, 3.8) is 0 Å². The molecule has 2 aromatic carbocycles. The molecule has 1 N–H and O–H groups in total. The molecule has 0 saturated carbocycles. The van der Waals surface area contributed by atoms with Gasteiger partial charge in [0, 0.05) is 0 Å². The molecule has 0 aromatic heterocycles. The van der Waals surface area contributed by atoms with Gasteiger partial charge in [0.05, 0.1) is 20.8 Å². The van der Waals surface area contributed by atoms with Gasteiger partial charge >= 0.3 is 0 Å². The molecular weight excluding hydrogens is 381 g/mol. The van der Waals surface area contributed by atoms with Gasteiger partial charge in [0.25, 0.3) is 5.91 Å². The molecule has 0 spiro atoms. The van der Waals surface area contributed by atoms with E-state index in [0.29, 0.717) is 26.5 Å². The van der Waals surface area contributed by atoms with E-state index in [0.717, 1.165) is 0 Å². The van der Waals surface area contributed by atoms with E-state index in [1.54, 1.807) is 6.92 Å². The van der Waals surface area contributed by atoms with E-state index in [9.17, 15) is 4.79 Å². The molecule has 0 heterocycles. The smallest absolute Gasteiger partial charge is 0.265 e. The van der Waals surface area contributed by atoms with Crippen molar-refractivity contribution in [3.05, 3.63) is 57.0 Å². The van der Waals surface area contributed by atoms with Crippen LogP contribution in [-0.4, -0.2) is 12.0 Å². The van der Waals surface area contributed by atoms with Crippen molar-refractivity contribution in [2.24, 2.45) is 0 Å². The first-order valence-corrected chi connectivity index (χ1v) is 8.94. The summed E-state index contributed by atoms with van der Waals surface area (Å²) < 4.78 is 5.70. The topological polar surface area (TPSA) is 38.3 Å². The van der Waals surface area contributed by atoms with Gasteiger partial charge in [-0.25, -0.2) is 0 Å². The number of rotatable bonds is 4. The van der Waals surface area contributed by atoms with E-state index in [4.69, 9.17) is 39.5 Å². The fourth-order valence-corrected chi connectivity index (χ4v) is 2.74. The summed E-state index contributed by atoms with van der Waals surface area (Å²) in [7, 11) is 0. The molecule has 0 radical (unpaired) electrons.